The number of fused-ring (bicyclic) bond motifs is 1. The number of benzene rings is 1. The number of amides is 1. The molecule has 0 bridgehead atoms. The maximum atomic E-state index is 12.7. The Morgan fingerprint density at radius 2 is 2.16 bits per heavy atom. The third kappa shape index (κ3) is 4.57. The van der Waals surface area contributed by atoms with Gasteiger partial charge >= 0.3 is 0 Å². The van der Waals surface area contributed by atoms with E-state index in [1.807, 2.05) is 31.2 Å². The van der Waals surface area contributed by atoms with E-state index in [1.54, 1.807) is 18.0 Å². The standard InChI is InChI=1S/C18H24N4O3/c1-13-11-25-12-22-16(10-19-21-22)6-5-15(18(23)20-13)9-14-3-7-17(24-2)8-4-14/h3-4,7-8,10,13,15H,5-6,9,11-12H2,1-2H3,(H,20,23)/t13-,15+/m1/s1. The zero-order valence-corrected chi connectivity index (χ0v) is 14.6. The highest BCUT2D eigenvalue weighted by Crippen LogP contribution is 2.19. The first kappa shape index (κ1) is 17.4. The monoisotopic (exact) mass is 344 g/mol. The molecule has 1 aromatic heterocycles. The molecule has 0 radical (unpaired) electrons. The van der Waals surface area contributed by atoms with Gasteiger partial charge < -0.3 is 14.8 Å². The van der Waals surface area contributed by atoms with Crippen molar-refractivity contribution in [3.63, 3.8) is 0 Å². The van der Waals surface area contributed by atoms with Crippen molar-refractivity contribution in [2.45, 2.75) is 39.0 Å². The summed E-state index contributed by atoms with van der Waals surface area (Å²) >= 11 is 0. The smallest absolute Gasteiger partial charge is 0.223 e. The number of aryl methyl sites for hydroxylation is 1. The summed E-state index contributed by atoms with van der Waals surface area (Å²) in [4.78, 5) is 12.7. The van der Waals surface area contributed by atoms with Crippen LogP contribution >= 0.6 is 0 Å². The summed E-state index contributed by atoms with van der Waals surface area (Å²) in [5.41, 5.74) is 2.11. The van der Waals surface area contributed by atoms with Gasteiger partial charge in [0, 0.05) is 12.0 Å². The van der Waals surface area contributed by atoms with E-state index >= 15 is 0 Å². The van der Waals surface area contributed by atoms with Crippen molar-refractivity contribution in [2.75, 3.05) is 13.7 Å². The van der Waals surface area contributed by atoms with Gasteiger partial charge in [0.1, 0.15) is 12.5 Å². The molecule has 1 aromatic carbocycles. The normalized spacial score (nSPS) is 21.8. The van der Waals surface area contributed by atoms with Gasteiger partial charge in [0.25, 0.3) is 0 Å². The molecule has 7 nitrogen and oxygen atoms in total. The number of nitrogens with one attached hydrogen (secondary N) is 1. The van der Waals surface area contributed by atoms with Crippen LogP contribution in [0.5, 0.6) is 5.75 Å². The highest BCUT2D eigenvalue weighted by Gasteiger charge is 2.22. The number of hydrogen-bond acceptors (Lipinski definition) is 5. The molecular weight excluding hydrogens is 320 g/mol. The number of carbonyl (C=O) groups is 1. The van der Waals surface area contributed by atoms with Crippen LogP contribution in [0.2, 0.25) is 0 Å². The number of ether oxygens (including phenoxy) is 2. The summed E-state index contributed by atoms with van der Waals surface area (Å²) < 4.78 is 12.6. The lowest BCUT2D eigenvalue weighted by Gasteiger charge is -2.19. The summed E-state index contributed by atoms with van der Waals surface area (Å²) in [6, 6.07) is 7.82. The summed E-state index contributed by atoms with van der Waals surface area (Å²) in [6.07, 6.45) is 3.90. The van der Waals surface area contributed by atoms with Gasteiger partial charge in [-0.2, -0.15) is 0 Å². The molecule has 0 aliphatic carbocycles. The SMILES string of the molecule is COc1ccc(C[C@@H]2CCc3cnnn3COC[C@@H](C)NC2=O)cc1. The van der Waals surface area contributed by atoms with Crippen molar-refractivity contribution < 1.29 is 14.3 Å². The van der Waals surface area contributed by atoms with Crippen LogP contribution in [0.1, 0.15) is 24.6 Å². The van der Waals surface area contributed by atoms with Crippen molar-refractivity contribution in [3.8, 4) is 5.75 Å². The third-order valence-electron chi connectivity index (χ3n) is 4.43. The average molecular weight is 344 g/mol. The van der Waals surface area contributed by atoms with Crippen molar-refractivity contribution >= 4 is 5.91 Å². The third-order valence-corrected chi connectivity index (χ3v) is 4.43. The van der Waals surface area contributed by atoms with E-state index in [0.717, 1.165) is 29.8 Å². The van der Waals surface area contributed by atoms with Gasteiger partial charge in [-0.15, -0.1) is 5.10 Å². The molecule has 3 rings (SSSR count). The van der Waals surface area contributed by atoms with Crippen LogP contribution in [-0.4, -0.2) is 40.7 Å². The van der Waals surface area contributed by atoms with E-state index in [0.29, 0.717) is 19.8 Å². The predicted molar refractivity (Wildman–Crippen MR) is 92.1 cm³/mol. The maximum Gasteiger partial charge on any atom is 0.223 e. The fourth-order valence-corrected chi connectivity index (χ4v) is 2.99. The van der Waals surface area contributed by atoms with Gasteiger partial charge in [-0.1, -0.05) is 17.3 Å². The Labute approximate surface area is 147 Å². The van der Waals surface area contributed by atoms with E-state index in [2.05, 4.69) is 15.6 Å². The summed E-state index contributed by atoms with van der Waals surface area (Å²) in [6.45, 7) is 2.75. The molecule has 1 amide bonds. The maximum absolute atomic E-state index is 12.7. The minimum atomic E-state index is -0.114. The quantitative estimate of drug-likeness (QED) is 0.914. The molecule has 0 saturated heterocycles. The minimum absolute atomic E-state index is 0.0454. The molecule has 1 aliphatic heterocycles. The fraction of sp³-hybridized carbons (Fsp3) is 0.500. The first-order valence-corrected chi connectivity index (χ1v) is 8.54. The first-order valence-electron chi connectivity index (χ1n) is 8.54. The van der Waals surface area contributed by atoms with Gasteiger partial charge in [0.15, 0.2) is 0 Å². The van der Waals surface area contributed by atoms with Gasteiger partial charge in [-0.05, 0) is 43.9 Å². The van der Waals surface area contributed by atoms with E-state index in [-0.39, 0.29) is 17.9 Å². The molecule has 2 atom stereocenters. The lowest BCUT2D eigenvalue weighted by molar-refractivity contribution is -0.126. The summed E-state index contributed by atoms with van der Waals surface area (Å²) in [7, 11) is 1.65. The molecule has 25 heavy (non-hydrogen) atoms. The van der Waals surface area contributed by atoms with Crippen LogP contribution in [0.25, 0.3) is 0 Å². The first-order chi connectivity index (χ1) is 12.2. The molecule has 0 saturated carbocycles. The Hall–Kier alpha value is -2.41. The Balaban J connectivity index is 1.75. The lowest BCUT2D eigenvalue weighted by atomic mass is 9.93. The molecule has 2 aromatic rings. The second-order valence-corrected chi connectivity index (χ2v) is 6.42. The largest absolute Gasteiger partial charge is 0.497 e. The number of nitrogens with zero attached hydrogens (tertiary/aromatic N) is 3. The zero-order chi connectivity index (χ0) is 17.6. The van der Waals surface area contributed by atoms with E-state index in [4.69, 9.17) is 9.47 Å². The second kappa shape index (κ2) is 8.11. The van der Waals surface area contributed by atoms with Crippen molar-refractivity contribution in [1.82, 2.24) is 20.3 Å². The highest BCUT2D eigenvalue weighted by atomic mass is 16.5. The Morgan fingerprint density at radius 1 is 1.36 bits per heavy atom. The van der Waals surface area contributed by atoms with Crippen molar-refractivity contribution in [1.29, 1.82) is 0 Å². The minimum Gasteiger partial charge on any atom is -0.497 e. The van der Waals surface area contributed by atoms with Gasteiger partial charge in [-0.3, -0.25) is 4.79 Å². The molecular formula is C18H24N4O3. The van der Waals surface area contributed by atoms with Crippen LogP contribution in [-0.2, 0) is 29.1 Å². The second-order valence-electron chi connectivity index (χ2n) is 6.42. The van der Waals surface area contributed by atoms with Gasteiger partial charge in [0.05, 0.1) is 25.6 Å². The number of aromatic nitrogens is 3. The van der Waals surface area contributed by atoms with Gasteiger partial charge in [-0.25, -0.2) is 4.68 Å². The Bertz CT molecular complexity index is 699. The molecule has 0 fully saturated rings. The number of rotatable bonds is 3. The van der Waals surface area contributed by atoms with Crippen molar-refractivity contribution in [2.24, 2.45) is 5.92 Å². The predicted octanol–water partition coefficient (Wildman–Crippen LogP) is 1.57. The molecule has 0 unspecified atom stereocenters. The molecule has 0 spiro atoms. The fourth-order valence-electron chi connectivity index (χ4n) is 2.99. The number of carbonyl (C=O) groups excluding carboxylic acids is 1. The van der Waals surface area contributed by atoms with Crippen molar-refractivity contribution in [3.05, 3.63) is 41.7 Å². The van der Waals surface area contributed by atoms with E-state index in [9.17, 15) is 4.79 Å². The summed E-state index contributed by atoms with van der Waals surface area (Å²) in [5, 5.41) is 11.1. The zero-order valence-electron chi connectivity index (χ0n) is 14.6. The topological polar surface area (TPSA) is 78.3 Å². The number of hydrogen-bond donors (Lipinski definition) is 1. The lowest BCUT2D eigenvalue weighted by Crippen LogP contribution is -2.40. The molecule has 1 aliphatic rings. The van der Waals surface area contributed by atoms with Crippen LogP contribution in [0.15, 0.2) is 30.5 Å². The average Bonchev–Trinajstić information content (AvgIpc) is 3.05. The molecule has 2 heterocycles. The Kier molecular flexibility index (Phi) is 5.65. The molecule has 134 valence electrons. The molecule has 1 N–H and O–H groups in total. The summed E-state index contributed by atoms with van der Waals surface area (Å²) in [5.74, 6) is 0.765. The number of methoxy groups -OCH3 is 1. The van der Waals surface area contributed by atoms with Crippen LogP contribution in [0.4, 0.5) is 0 Å². The molecule has 7 heteroatoms. The van der Waals surface area contributed by atoms with Gasteiger partial charge in [0.2, 0.25) is 5.91 Å². The van der Waals surface area contributed by atoms with Crippen LogP contribution in [0.3, 0.4) is 0 Å². The van der Waals surface area contributed by atoms with Crippen LogP contribution < -0.4 is 10.1 Å². The van der Waals surface area contributed by atoms with Crippen LogP contribution in [0, 0.1) is 5.92 Å². The van der Waals surface area contributed by atoms with E-state index in [1.165, 1.54) is 0 Å². The van der Waals surface area contributed by atoms with E-state index < -0.39 is 0 Å². The highest BCUT2D eigenvalue weighted by molar-refractivity contribution is 5.79. The Morgan fingerprint density at radius 3 is 2.92 bits per heavy atom.